The summed E-state index contributed by atoms with van der Waals surface area (Å²) < 4.78 is 0. The van der Waals surface area contributed by atoms with Gasteiger partial charge in [0.1, 0.15) is 0 Å². The smallest absolute Gasteiger partial charge is 0.317 e. The number of amides is 3. The van der Waals surface area contributed by atoms with Crippen LogP contribution in [0.4, 0.5) is 4.79 Å². The van der Waals surface area contributed by atoms with E-state index in [0.717, 1.165) is 5.69 Å². The molecular weight excluding hydrogens is 280 g/mol. The van der Waals surface area contributed by atoms with Crippen molar-refractivity contribution in [2.75, 3.05) is 27.7 Å². The predicted molar refractivity (Wildman–Crippen MR) is 86.5 cm³/mol. The van der Waals surface area contributed by atoms with E-state index in [1.54, 1.807) is 37.1 Å². The fourth-order valence-corrected chi connectivity index (χ4v) is 1.94. The second kappa shape index (κ2) is 9.02. The van der Waals surface area contributed by atoms with Gasteiger partial charge in [-0.25, -0.2) is 4.79 Å². The number of hydrogen-bond acceptors (Lipinski definition) is 3. The molecule has 0 aliphatic rings. The first-order valence-electron chi connectivity index (χ1n) is 7.52. The summed E-state index contributed by atoms with van der Waals surface area (Å²) in [5.74, 6) is 0.0751. The van der Waals surface area contributed by atoms with Gasteiger partial charge in [0.2, 0.25) is 5.91 Å². The Balaban J connectivity index is 2.30. The van der Waals surface area contributed by atoms with Gasteiger partial charge in [0.05, 0.1) is 0 Å². The highest BCUT2D eigenvalue weighted by Crippen LogP contribution is 2.05. The van der Waals surface area contributed by atoms with Crippen molar-refractivity contribution in [1.29, 1.82) is 0 Å². The summed E-state index contributed by atoms with van der Waals surface area (Å²) >= 11 is 0. The highest BCUT2D eigenvalue weighted by atomic mass is 16.2. The number of nitrogens with zero attached hydrogens (tertiary/aromatic N) is 3. The van der Waals surface area contributed by atoms with Gasteiger partial charge in [-0.05, 0) is 25.5 Å². The molecule has 1 atom stereocenters. The highest BCUT2D eigenvalue weighted by Gasteiger charge is 2.16. The zero-order valence-corrected chi connectivity index (χ0v) is 13.9. The van der Waals surface area contributed by atoms with E-state index in [1.165, 1.54) is 0 Å². The van der Waals surface area contributed by atoms with E-state index in [-0.39, 0.29) is 18.0 Å². The van der Waals surface area contributed by atoms with Crippen LogP contribution in [0, 0.1) is 0 Å². The molecule has 0 saturated heterocycles. The number of hydrogen-bond donors (Lipinski definition) is 1. The van der Waals surface area contributed by atoms with Crippen molar-refractivity contribution in [3.63, 3.8) is 0 Å². The normalized spacial score (nSPS) is 11.6. The quantitative estimate of drug-likeness (QED) is 0.777. The van der Waals surface area contributed by atoms with Gasteiger partial charge in [-0.1, -0.05) is 6.07 Å². The number of rotatable bonds is 7. The second-order valence-corrected chi connectivity index (χ2v) is 5.61. The first-order valence-corrected chi connectivity index (χ1v) is 7.52. The topological polar surface area (TPSA) is 65.5 Å². The summed E-state index contributed by atoms with van der Waals surface area (Å²) in [5, 5.41) is 2.84. The van der Waals surface area contributed by atoms with E-state index >= 15 is 0 Å². The van der Waals surface area contributed by atoms with Gasteiger partial charge in [0.25, 0.3) is 0 Å². The first kappa shape index (κ1) is 17.9. The van der Waals surface area contributed by atoms with E-state index in [9.17, 15) is 9.59 Å². The molecule has 122 valence electrons. The van der Waals surface area contributed by atoms with Crippen molar-refractivity contribution >= 4 is 11.9 Å². The highest BCUT2D eigenvalue weighted by molar-refractivity contribution is 5.76. The van der Waals surface area contributed by atoms with Crippen LogP contribution in [0.25, 0.3) is 0 Å². The summed E-state index contributed by atoms with van der Waals surface area (Å²) in [6, 6.07) is 5.70. The van der Waals surface area contributed by atoms with E-state index < -0.39 is 0 Å². The fourth-order valence-electron chi connectivity index (χ4n) is 1.94. The molecule has 3 amide bonds. The molecular formula is C16H26N4O2. The molecule has 0 fully saturated rings. The molecule has 0 aliphatic carbocycles. The molecule has 1 rings (SSSR count). The van der Waals surface area contributed by atoms with Crippen molar-refractivity contribution in [2.24, 2.45) is 0 Å². The number of carbonyl (C=O) groups is 2. The average Bonchev–Trinajstić information content (AvgIpc) is 2.51. The molecule has 22 heavy (non-hydrogen) atoms. The summed E-state index contributed by atoms with van der Waals surface area (Å²) in [5.41, 5.74) is 0.964. The number of aromatic nitrogens is 1. The van der Waals surface area contributed by atoms with E-state index in [4.69, 9.17) is 0 Å². The standard InChI is InChI=1S/C16H26N4O2/c1-13(12-14-8-5-6-10-17-14)20(4)16(22)18-11-7-9-15(21)19(2)3/h5-6,8,10,13H,7,9,11-12H2,1-4H3,(H,18,22). The first-order chi connectivity index (χ1) is 10.4. The number of likely N-dealkylation sites (N-methyl/N-ethyl adjacent to an activating group) is 1. The summed E-state index contributed by atoms with van der Waals surface area (Å²) in [6.45, 7) is 2.49. The lowest BCUT2D eigenvalue weighted by Gasteiger charge is -2.25. The summed E-state index contributed by atoms with van der Waals surface area (Å²) in [6.07, 6.45) is 3.56. The Bertz CT molecular complexity index is 476. The van der Waals surface area contributed by atoms with E-state index in [2.05, 4.69) is 10.3 Å². The van der Waals surface area contributed by atoms with Gasteiger partial charge in [-0.15, -0.1) is 0 Å². The molecule has 1 heterocycles. The Morgan fingerprint density at radius 2 is 2.00 bits per heavy atom. The molecule has 1 unspecified atom stereocenters. The average molecular weight is 306 g/mol. The molecule has 0 aliphatic heterocycles. The van der Waals surface area contributed by atoms with Crippen LogP contribution in [0.3, 0.4) is 0 Å². The summed E-state index contributed by atoms with van der Waals surface area (Å²) in [4.78, 5) is 31.0. The van der Waals surface area contributed by atoms with Gasteiger partial charge < -0.3 is 15.1 Å². The lowest BCUT2D eigenvalue weighted by Crippen LogP contribution is -2.43. The van der Waals surface area contributed by atoms with Crippen molar-refractivity contribution < 1.29 is 9.59 Å². The fraction of sp³-hybridized carbons (Fsp3) is 0.562. The van der Waals surface area contributed by atoms with Crippen molar-refractivity contribution in [2.45, 2.75) is 32.2 Å². The number of urea groups is 1. The number of nitrogens with one attached hydrogen (secondary N) is 1. The maximum absolute atomic E-state index is 12.1. The largest absolute Gasteiger partial charge is 0.349 e. The minimum atomic E-state index is -0.124. The van der Waals surface area contributed by atoms with Gasteiger partial charge >= 0.3 is 6.03 Å². The van der Waals surface area contributed by atoms with Crippen LogP contribution < -0.4 is 5.32 Å². The Morgan fingerprint density at radius 1 is 1.27 bits per heavy atom. The maximum Gasteiger partial charge on any atom is 0.317 e. The number of pyridine rings is 1. The molecule has 6 heteroatoms. The minimum absolute atomic E-state index is 0.0540. The molecule has 6 nitrogen and oxygen atoms in total. The van der Waals surface area contributed by atoms with Crippen molar-refractivity contribution in [3.8, 4) is 0 Å². The van der Waals surface area contributed by atoms with Crippen LogP contribution in [0.15, 0.2) is 24.4 Å². The van der Waals surface area contributed by atoms with Crippen LogP contribution in [-0.4, -0.2) is 60.5 Å². The summed E-state index contributed by atoms with van der Waals surface area (Å²) in [7, 11) is 5.23. The minimum Gasteiger partial charge on any atom is -0.349 e. The van der Waals surface area contributed by atoms with Gasteiger partial charge in [0, 0.05) is 58.5 Å². The molecule has 1 N–H and O–H groups in total. The SMILES string of the molecule is CC(Cc1ccccn1)N(C)C(=O)NCCCC(=O)N(C)C. The molecule has 0 radical (unpaired) electrons. The third-order valence-electron chi connectivity index (χ3n) is 3.55. The molecule has 1 aromatic heterocycles. The third kappa shape index (κ3) is 6.11. The third-order valence-corrected chi connectivity index (χ3v) is 3.55. The Labute approximate surface area is 132 Å². The van der Waals surface area contributed by atoms with Crippen LogP contribution in [0.2, 0.25) is 0 Å². The van der Waals surface area contributed by atoms with Crippen LogP contribution in [-0.2, 0) is 11.2 Å². The van der Waals surface area contributed by atoms with Gasteiger partial charge in [-0.3, -0.25) is 9.78 Å². The zero-order valence-electron chi connectivity index (χ0n) is 13.9. The zero-order chi connectivity index (χ0) is 16.5. The molecule has 0 aromatic carbocycles. The second-order valence-electron chi connectivity index (χ2n) is 5.61. The lowest BCUT2D eigenvalue weighted by atomic mass is 10.1. The van der Waals surface area contributed by atoms with E-state index in [1.807, 2.05) is 25.1 Å². The van der Waals surface area contributed by atoms with Gasteiger partial charge in [-0.2, -0.15) is 0 Å². The van der Waals surface area contributed by atoms with Gasteiger partial charge in [0.15, 0.2) is 0 Å². The monoisotopic (exact) mass is 306 g/mol. The van der Waals surface area contributed by atoms with E-state index in [0.29, 0.717) is 25.8 Å². The molecule has 0 saturated carbocycles. The van der Waals surface area contributed by atoms with Crippen LogP contribution in [0.5, 0.6) is 0 Å². The predicted octanol–water partition coefficient (Wildman–Crippen LogP) is 1.52. The molecule has 0 spiro atoms. The lowest BCUT2D eigenvalue weighted by molar-refractivity contribution is -0.128. The van der Waals surface area contributed by atoms with Crippen LogP contribution >= 0.6 is 0 Å². The molecule has 0 bridgehead atoms. The number of carbonyl (C=O) groups excluding carboxylic acids is 2. The Kier molecular flexibility index (Phi) is 7.36. The van der Waals surface area contributed by atoms with Crippen molar-refractivity contribution in [1.82, 2.24) is 20.1 Å². The molecule has 1 aromatic rings. The maximum atomic E-state index is 12.1. The van der Waals surface area contributed by atoms with Crippen LogP contribution in [0.1, 0.15) is 25.5 Å². The van der Waals surface area contributed by atoms with Crippen molar-refractivity contribution in [3.05, 3.63) is 30.1 Å². The Hall–Kier alpha value is -2.11. The Morgan fingerprint density at radius 3 is 2.59 bits per heavy atom.